The minimum absolute atomic E-state index is 0.130. The second kappa shape index (κ2) is 13.9. The molecule has 1 N–H and O–H groups in total. The van der Waals surface area contributed by atoms with Crippen LogP contribution in [0.4, 0.5) is 0 Å². The van der Waals surface area contributed by atoms with Crippen LogP contribution in [-0.4, -0.2) is 38.1 Å². The molecule has 0 saturated heterocycles. The molecule has 0 saturated carbocycles. The van der Waals surface area contributed by atoms with E-state index in [1.165, 1.54) is 25.7 Å². The molecule has 0 unspecified atom stereocenters. The third-order valence-corrected chi connectivity index (χ3v) is 2.21. The van der Waals surface area contributed by atoms with Gasteiger partial charge in [0.25, 0.3) is 0 Å². The van der Waals surface area contributed by atoms with Gasteiger partial charge in [0, 0.05) is 19.8 Å². The molecule has 0 spiro atoms. The Morgan fingerprint density at radius 2 is 1.27 bits per heavy atom. The third kappa shape index (κ3) is 13.9. The fourth-order valence-electron chi connectivity index (χ4n) is 1.28. The Kier molecular flexibility index (Phi) is 13.8. The number of ether oxygens (including phenoxy) is 2. The molecule has 0 atom stereocenters. The second-order valence-electron chi connectivity index (χ2n) is 3.72. The van der Waals surface area contributed by atoms with Crippen LogP contribution in [-0.2, 0) is 9.47 Å². The number of hydrogen-bond acceptors (Lipinski definition) is 3. The van der Waals surface area contributed by atoms with E-state index in [1.54, 1.807) is 0 Å². The fraction of sp³-hybridized carbons (Fsp3) is 1.00. The molecule has 15 heavy (non-hydrogen) atoms. The van der Waals surface area contributed by atoms with Crippen LogP contribution in [0.25, 0.3) is 0 Å². The quantitative estimate of drug-likeness (QED) is 0.511. The molecule has 0 heterocycles. The van der Waals surface area contributed by atoms with E-state index in [1.807, 2.05) is 0 Å². The van der Waals surface area contributed by atoms with Crippen LogP contribution >= 0.6 is 0 Å². The summed E-state index contributed by atoms with van der Waals surface area (Å²) in [4.78, 5) is 0. The molecule has 0 aliphatic carbocycles. The number of aliphatic hydroxyl groups excluding tert-OH is 1. The topological polar surface area (TPSA) is 38.7 Å². The van der Waals surface area contributed by atoms with Crippen molar-refractivity contribution in [3.05, 3.63) is 0 Å². The smallest absolute Gasteiger partial charge is 0.0697 e. The molecule has 0 aromatic rings. The van der Waals surface area contributed by atoms with Crippen LogP contribution in [0.1, 0.15) is 45.4 Å². The lowest BCUT2D eigenvalue weighted by Gasteiger charge is -2.04. The lowest BCUT2D eigenvalue weighted by Crippen LogP contribution is -2.01. The van der Waals surface area contributed by atoms with E-state index in [0.29, 0.717) is 6.61 Å². The highest BCUT2D eigenvalue weighted by molar-refractivity contribution is 4.43. The molecule has 0 bridgehead atoms. The molecular weight excluding hydrogens is 192 g/mol. The number of unbranched alkanes of at least 4 members (excludes halogenated alkanes) is 4. The molecule has 0 aliphatic rings. The molecule has 3 nitrogen and oxygen atoms in total. The maximum atomic E-state index is 8.47. The molecule has 0 amide bonds. The summed E-state index contributed by atoms with van der Waals surface area (Å²) in [6.07, 6.45) is 7.05. The zero-order valence-corrected chi connectivity index (χ0v) is 10.0. The third-order valence-electron chi connectivity index (χ3n) is 2.21. The first-order chi connectivity index (χ1) is 7.41. The number of aliphatic hydroxyl groups is 1. The molecule has 0 aromatic heterocycles. The van der Waals surface area contributed by atoms with Gasteiger partial charge in [-0.1, -0.05) is 26.2 Å². The highest BCUT2D eigenvalue weighted by Crippen LogP contribution is 2.01. The van der Waals surface area contributed by atoms with E-state index < -0.39 is 0 Å². The summed E-state index contributed by atoms with van der Waals surface area (Å²) in [5.74, 6) is 0. The van der Waals surface area contributed by atoms with Crippen molar-refractivity contribution >= 4 is 0 Å². The summed E-state index contributed by atoms with van der Waals surface area (Å²) in [5, 5.41) is 8.47. The fourth-order valence-corrected chi connectivity index (χ4v) is 1.28. The zero-order valence-electron chi connectivity index (χ0n) is 10.0. The van der Waals surface area contributed by atoms with Crippen molar-refractivity contribution in [2.45, 2.75) is 45.4 Å². The second-order valence-corrected chi connectivity index (χ2v) is 3.72. The van der Waals surface area contributed by atoms with Gasteiger partial charge >= 0.3 is 0 Å². The van der Waals surface area contributed by atoms with E-state index >= 15 is 0 Å². The van der Waals surface area contributed by atoms with Crippen molar-refractivity contribution in [2.24, 2.45) is 0 Å². The average Bonchev–Trinajstić information content (AvgIpc) is 2.26. The van der Waals surface area contributed by atoms with Gasteiger partial charge in [0.15, 0.2) is 0 Å². The highest BCUT2D eigenvalue weighted by Gasteiger charge is 1.91. The van der Waals surface area contributed by atoms with Gasteiger partial charge < -0.3 is 14.6 Å². The number of rotatable bonds is 12. The van der Waals surface area contributed by atoms with Gasteiger partial charge in [0.1, 0.15) is 0 Å². The lowest BCUT2D eigenvalue weighted by atomic mass is 10.2. The van der Waals surface area contributed by atoms with E-state index in [-0.39, 0.29) is 6.61 Å². The SMILES string of the molecule is CCCCOCCCCCCOCCO. The van der Waals surface area contributed by atoms with E-state index in [0.717, 1.165) is 32.7 Å². The molecule has 0 aliphatic heterocycles. The van der Waals surface area contributed by atoms with Crippen molar-refractivity contribution in [3.63, 3.8) is 0 Å². The first-order valence-electron chi connectivity index (χ1n) is 6.18. The highest BCUT2D eigenvalue weighted by atomic mass is 16.5. The summed E-state index contributed by atoms with van der Waals surface area (Å²) in [7, 11) is 0. The largest absolute Gasteiger partial charge is 0.394 e. The van der Waals surface area contributed by atoms with Crippen LogP contribution in [0.3, 0.4) is 0 Å². The monoisotopic (exact) mass is 218 g/mol. The average molecular weight is 218 g/mol. The maximum absolute atomic E-state index is 8.47. The van der Waals surface area contributed by atoms with Gasteiger partial charge in [-0.15, -0.1) is 0 Å². The summed E-state index contributed by atoms with van der Waals surface area (Å²) in [5.41, 5.74) is 0. The van der Waals surface area contributed by atoms with Crippen LogP contribution in [0, 0.1) is 0 Å². The van der Waals surface area contributed by atoms with Gasteiger partial charge in [0.2, 0.25) is 0 Å². The Balaban J connectivity index is 2.81. The standard InChI is InChI=1S/C12H26O3/c1-2-3-9-14-10-6-4-5-7-11-15-12-8-13/h13H,2-12H2,1H3. The Bertz CT molecular complexity index is 95.0. The minimum Gasteiger partial charge on any atom is -0.394 e. The maximum Gasteiger partial charge on any atom is 0.0697 e. The first kappa shape index (κ1) is 14.9. The molecule has 3 heteroatoms. The van der Waals surface area contributed by atoms with Crippen LogP contribution in [0.15, 0.2) is 0 Å². The van der Waals surface area contributed by atoms with Gasteiger partial charge in [-0.2, -0.15) is 0 Å². The predicted molar refractivity (Wildman–Crippen MR) is 62.1 cm³/mol. The normalized spacial score (nSPS) is 10.8. The van der Waals surface area contributed by atoms with Gasteiger partial charge in [-0.05, 0) is 19.3 Å². The Morgan fingerprint density at radius 1 is 0.733 bits per heavy atom. The minimum atomic E-state index is 0.130. The molecule has 0 fully saturated rings. The van der Waals surface area contributed by atoms with E-state index in [4.69, 9.17) is 14.6 Å². The van der Waals surface area contributed by atoms with Crippen LogP contribution < -0.4 is 0 Å². The Hall–Kier alpha value is -0.120. The van der Waals surface area contributed by atoms with Crippen molar-refractivity contribution in [1.29, 1.82) is 0 Å². The van der Waals surface area contributed by atoms with Crippen molar-refractivity contribution in [3.8, 4) is 0 Å². The zero-order chi connectivity index (χ0) is 11.2. The van der Waals surface area contributed by atoms with Gasteiger partial charge in [-0.3, -0.25) is 0 Å². The summed E-state index contributed by atoms with van der Waals surface area (Å²) >= 11 is 0. The van der Waals surface area contributed by atoms with Crippen molar-refractivity contribution in [2.75, 3.05) is 33.0 Å². The van der Waals surface area contributed by atoms with Crippen LogP contribution in [0.5, 0.6) is 0 Å². The lowest BCUT2D eigenvalue weighted by molar-refractivity contribution is 0.0884. The summed E-state index contributed by atoms with van der Waals surface area (Å²) < 4.78 is 10.6. The summed E-state index contributed by atoms with van der Waals surface area (Å²) in [6.45, 7) is 5.37. The van der Waals surface area contributed by atoms with Gasteiger partial charge in [0.05, 0.1) is 13.2 Å². The first-order valence-corrected chi connectivity index (χ1v) is 6.18. The summed E-state index contributed by atoms with van der Waals surface area (Å²) in [6, 6.07) is 0. The van der Waals surface area contributed by atoms with Crippen molar-refractivity contribution < 1.29 is 14.6 Å². The van der Waals surface area contributed by atoms with E-state index in [9.17, 15) is 0 Å². The van der Waals surface area contributed by atoms with E-state index in [2.05, 4.69) is 6.92 Å². The van der Waals surface area contributed by atoms with Crippen LogP contribution in [0.2, 0.25) is 0 Å². The predicted octanol–water partition coefficient (Wildman–Crippen LogP) is 2.37. The van der Waals surface area contributed by atoms with Crippen molar-refractivity contribution in [1.82, 2.24) is 0 Å². The van der Waals surface area contributed by atoms with Gasteiger partial charge in [-0.25, -0.2) is 0 Å². The molecular formula is C12H26O3. The molecule has 92 valence electrons. The Morgan fingerprint density at radius 3 is 1.80 bits per heavy atom. The molecule has 0 rings (SSSR count). The molecule has 0 radical (unpaired) electrons. The Labute approximate surface area is 93.8 Å². The number of hydrogen-bond donors (Lipinski definition) is 1. The molecule has 0 aromatic carbocycles.